The molecule has 0 aliphatic carbocycles. The molecule has 0 aromatic heterocycles. The normalized spacial score (nSPS) is 25.2. The fourth-order valence-electron chi connectivity index (χ4n) is 2.94. The van der Waals surface area contributed by atoms with Crippen molar-refractivity contribution < 1.29 is 42.9 Å². The zero-order chi connectivity index (χ0) is 23.7. The Morgan fingerprint density at radius 1 is 0.839 bits per heavy atom. The van der Waals surface area contributed by atoms with Crippen LogP contribution >= 0.6 is 24.0 Å². The Hall–Kier alpha value is -1.92. The molecule has 176 valence electrons. The van der Waals surface area contributed by atoms with Gasteiger partial charge in [0, 0.05) is 40.8 Å². The first-order valence-corrected chi connectivity index (χ1v) is 11.0. The summed E-state index contributed by atoms with van der Waals surface area (Å²) in [5, 5.41) is 0. The maximum absolute atomic E-state index is 11.8. The molecular weight excluding hydrogens is 450 g/mol. The van der Waals surface area contributed by atoms with Crippen LogP contribution in [0, 0.1) is 0 Å². The van der Waals surface area contributed by atoms with E-state index in [9.17, 15) is 19.2 Å². The molecule has 1 aliphatic heterocycles. The summed E-state index contributed by atoms with van der Waals surface area (Å²) in [4.78, 5) is 48.6. The predicted octanol–water partition coefficient (Wildman–Crippen LogP) is 1.43. The van der Waals surface area contributed by atoms with Crippen molar-refractivity contribution in [1.82, 2.24) is 4.90 Å². The summed E-state index contributed by atoms with van der Waals surface area (Å²) in [7, 11) is 0. The molecule has 0 amide bonds. The standard InChI is InChI=1S/C19H29NO9S2/c1-7-20(8-2)19(30)31-18-17(28-13(6)24)16(27-12(5)23)15(26-11(4)22)14(29-18)9-25-10(3)21/h14-18H,7-9H2,1-6H3/t14-,15-,16+,17-,18+/m1/s1. The highest BCUT2D eigenvalue weighted by Gasteiger charge is 2.52. The summed E-state index contributed by atoms with van der Waals surface area (Å²) in [6.45, 7) is 9.65. The lowest BCUT2D eigenvalue weighted by atomic mass is 9.99. The maximum Gasteiger partial charge on any atom is 0.303 e. The van der Waals surface area contributed by atoms with Gasteiger partial charge in [-0.25, -0.2) is 0 Å². The van der Waals surface area contributed by atoms with Crippen LogP contribution in [-0.2, 0) is 42.9 Å². The number of ether oxygens (including phenoxy) is 5. The van der Waals surface area contributed by atoms with Crippen molar-refractivity contribution in [1.29, 1.82) is 0 Å². The summed E-state index contributed by atoms with van der Waals surface area (Å²) in [5.41, 5.74) is -0.909. The molecule has 0 aromatic carbocycles. The molecule has 0 radical (unpaired) electrons. The third-order valence-electron chi connectivity index (χ3n) is 4.19. The number of nitrogens with zero attached hydrogens (tertiary/aromatic N) is 1. The average Bonchev–Trinajstić information content (AvgIpc) is 2.64. The minimum absolute atomic E-state index is 0.271. The van der Waals surface area contributed by atoms with Crippen LogP contribution < -0.4 is 0 Å². The summed E-state index contributed by atoms with van der Waals surface area (Å²) in [6, 6.07) is 0. The zero-order valence-corrected chi connectivity index (χ0v) is 20.1. The molecule has 0 spiro atoms. The van der Waals surface area contributed by atoms with Gasteiger partial charge < -0.3 is 28.6 Å². The fraction of sp³-hybridized carbons (Fsp3) is 0.737. The van der Waals surface area contributed by atoms with Crippen LogP contribution in [-0.4, -0.2) is 82.6 Å². The highest BCUT2D eigenvalue weighted by atomic mass is 32.2. The van der Waals surface area contributed by atoms with E-state index in [-0.39, 0.29) is 6.61 Å². The molecule has 0 unspecified atom stereocenters. The first kappa shape index (κ1) is 27.1. The molecule has 1 aliphatic rings. The number of hydrogen-bond donors (Lipinski definition) is 0. The SMILES string of the molecule is CCN(CC)C(=S)S[C@@H]1O[C@H](COC(C)=O)[C@@H](OC(C)=O)[C@H](OC(C)=O)[C@H]1OC(C)=O. The molecule has 0 aromatic rings. The van der Waals surface area contributed by atoms with Gasteiger partial charge in [-0.1, -0.05) is 24.0 Å². The van der Waals surface area contributed by atoms with Crippen LogP contribution in [0.15, 0.2) is 0 Å². The van der Waals surface area contributed by atoms with Gasteiger partial charge in [0.1, 0.15) is 17.0 Å². The van der Waals surface area contributed by atoms with E-state index in [1.807, 2.05) is 18.7 Å². The smallest absolute Gasteiger partial charge is 0.303 e. The Kier molecular flexibility index (Phi) is 11.2. The highest BCUT2D eigenvalue weighted by Crippen LogP contribution is 2.35. The number of carbonyl (C=O) groups excluding carboxylic acids is 4. The topological polar surface area (TPSA) is 118 Å². The first-order chi connectivity index (χ1) is 14.5. The summed E-state index contributed by atoms with van der Waals surface area (Å²) in [5.74, 6) is -2.57. The average molecular weight is 480 g/mol. The van der Waals surface area contributed by atoms with Gasteiger partial charge in [0.2, 0.25) is 0 Å². The van der Waals surface area contributed by atoms with Crippen LogP contribution in [0.2, 0.25) is 0 Å². The van der Waals surface area contributed by atoms with E-state index in [0.717, 1.165) is 11.8 Å². The molecule has 10 nitrogen and oxygen atoms in total. The number of rotatable bonds is 8. The van der Waals surface area contributed by atoms with Crippen molar-refractivity contribution in [2.45, 2.75) is 71.4 Å². The van der Waals surface area contributed by atoms with Gasteiger partial charge >= 0.3 is 23.9 Å². The van der Waals surface area contributed by atoms with Crippen LogP contribution in [0.4, 0.5) is 0 Å². The lowest BCUT2D eigenvalue weighted by molar-refractivity contribution is -0.237. The Labute approximate surface area is 191 Å². The van der Waals surface area contributed by atoms with E-state index in [1.165, 1.54) is 27.7 Å². The number of carbonyl (C=O) groups is 4. The molecule has 0 bridgehead atoms. The first-order valence-electron chi connectivity index (χ1n) is 9.76. The maximum atomic E-state index is 11.8. The van der Waals surface area contributed by atoms with Gasteiger partial charge in [-0.3, -0.25) is 19.2 Å². The van der Waals surface area contributed by atoms with Crippen molar-refractivity contribution in [3.63, 3.8) is 0 Å². The summed E-state index contributed by atoms with van der Waals surface area (Å²) in [6.07, 6.45) is -4.49. The van der Waals surface area contributed by atoms with Gasteiger partial charge in [-0.2, -0.15) is 0 Å². The molecule has 1 saturated heterocycles. The van der Waals surface area contributed by atoms with Crippen LogP contribution in [0.25, 0.3) is 0 Å². The third kappa shape index (κ3) is 8.62. The molecule has 0 saturated carbocycles. The Morgan fingerprint density at radius 2 is 1.32 bits per heavy atom. The highest BCUT2D eigenvalue weighted by molar-refractivity contribution is 8.23. The van der Waals surface area contributed by atoms with Crippen molar-refractivity contribution in [2.24, 2.45) is 0 Å². The van der Waals surface area contributed by atoms with E-state index in [1.54, 1.807) is 0 Å². The Morgan fingerprint density at radius 3 is 1.77 bits per heavy atom. The molecule has 1 heterocycles. The molecule has 1 fully saturated rings. The van der Waals surface area contributed by atoms with E-state index in [4.69, 9.17) is 35.9 Å². The number of thioether (sulfide) groups is 1. The number of thiocarbonyl (C=S) groups is 1. The fourth-order valence-corrected chi connectivity index (χ4v) is 4.63. The lowest BCUT2D eigenvalue weighted by Crippen LogP contribution is -2.61. The van der Waals surface area contributed by atoms with Crippen LogP contribution in [0.5, 0.6) is 0 Å². The number of esters is 4. The minimum atomic E-state index is -1.20. The second-order valence-electron chi connectivity index (χ2n) is 6.62. The molecule has 5 atom stereocenters. The monoisotopic (exact) mass is 479 g/mol. The molecule has 0 N–H and O–H groups in total. The largest absolute Gasteiger partial charge is 0.463 e. The Balaban J connectivity index is 3.35. The summed E-state index contributed by atoms with van der Waals surface area (Å²) < 4.78 is 27.7. The third-order valence-corrected chi connectivity index (χ3v) is 5.81. The number of hydrogen-bond acceptors (Lipinski definition) is 11. The van der Waals surface area contributed by atoms with Gasteiger partial charge in [-0.15, -0.1) is 0 Å². The van der Waals surface area contributed by atoms with Crippen molar-refractivity contribution in [2.75, 3.05) is 19.7 Å². The molecular formula is C19H29NO9S2. The van der Waals surface area contributed by atoms with Crippen molar-refractivity contribution >= 4 is 52.2 Å². The second-order valence-corrected chi connectivity index (χ2v) is 8.36. The van der Waals surface area contributed by atoms with Gasteiger partial charge in [0.05, 0.1) is 0 Å². The van der Waals surface area contributed by atoms with E-state index in [0.29, 0.717) is 17.4 Å². The minimum Gasteiger partial charge on any atom is -0.463 e. The molecule has 12 heteroatoms. The van der Waals surface area contributed by atoms with Gasteiger partial charge in [0.25, 0.3) is 0 Å². The van der Waals surface area contributed by atoms with Crippen molar-refractivity contribution in [3.8, 4) is 0 Å². The summed E-state index contributed by atoms with van der Waals surface area (Å²) >= 11 is 6.59. The Bertz CT molecular complexity index is 683. The lowest BCUT2D eigenvalue weighted by Gasteiger charge is -2.44. The van der Waals surface area contributed by atoms with Crippen molar-refractivity contribution in [3.05, 3.63) is 0 Å². The quantitative estimate of drug-likeness (QED) is 0.285. The second kappa shape index (κ2) is 12.8. The van der Waals surface area contributed by atoms with E-state index in [2.05, 4.69) is 0 Å². The van der Waals surface area contributed by atoms with E-state index >= 15 is 0 Å². The van der Waals surface area contributed by atoms with E-state index < -0.39 is 53.7 Å². The van der Waals surface area contributed by atoms with Gasteiger partial charge in [0.15, 0.2) is 23.7 Å². The zero-order valence-electron chi connectivity index (χ0n) is 18.4. The van der Waals surface area contributed by atoms with Gasteiger partial charge in [-0.05, 0) is 13.8 Å². The molecule has 1 rings (SSSR count). The van der Waals surface area contributed by atoms with Crippen LogP contribution in [0.1, 0.15) is 41.5 Å². The molecule has 31 heavy (non-hydrogen) atoms. The predicted molar refractivity (Wildman–Crippen MR) is 115 cm³/mol. The van der Waals surface area contributed by atoms with Crippen LogP contribution in [0.3, 0.4) is 0 Å².